The standard InChI is InChI=1S/C3H3AtN2/c4-3-1-5-6-2-3/h1-2H,(H,5,6). The van der Waals surface area contributed by atoms with Crippen LogP contribution in [0.25, 0.3) is 0 Å². The molecule has 0 amide bonds. The molecule has 0 aliphatic heterocycles. The number of H-pyrrole nitrogens is 1. The number of aromatic amines is 1. The second-order valence-corrected chi connectivity index (χ2v) is 2.61. The molecule has 1 N–H and O–H groups in total. The molecule has 0 saturated heterocycles. The zero-order valence-corrected chi connectivity index (χ0v) is 5.92. The number of nitrogens with one attached hydrogen (secondary N) is 1. The molecule has 6 heavy (non-hydrogen) atoms. The number of hydrogen-bond donors (Lipinski definition) is 1. The van der Waals surface area contributed by atoms with Crippen LogP contribution in [0.2, 0.25) is 0 Å². The zero-order chi connectivity index (χ0) is 4.41. The zero-order valence-electron chi connectivity index (χ0n) is 2.98. The first-order valence-electron chi connectivity index (χ1n) is 1.54. The summed E-state index contributed by atoms with van der Waals surface area (Å²) in [6.45, 7) is 0. The van der Waals surface area contributed by atoms with Crippen molar-refractivity contribution in [2.75, 3.05) is 0 Å². The van der Waals surface area contributed by atoms with Gasteiger partial charge < -0.3 is 0 Å². The summed E-state index contributed by atoms with van der Waals surface area (Å²) >= 11 is 1.63. The summed E-state index contributed by atoms with van der Waals surface area (Å²) in [5.74, 6) is 0. The van der Waals surface area contributed by atoms with Gasteiger partial charge in [0.25, 0.3) is 0 Å². The van der Waals surface area contributed by atoms with Crippen LogP contribution in [0.15, 0.2) is 12.4 Å². The predicted molar refractivity (Wildman–Crippen MR) is 18.2 cm³/mol. The van der Waals surface area contributed by atoms with Gasteiger partial charge in [0.05, 0.1) is 0 Å². The van der Waals surface area contributed by atoms with E-state index in [2.05, 4.69) is 10.2 Å². The number of nitrogens with zero attached hydrogens (tertiary/aromatic N) is 1. The average Bonchev–Trinajstić information content (AvgIpc) is 1.86. The molecule has 0 fully saturated rings. The van der Waals surface area contributed by atoms with Crippen molar-refractivity contribution in [1.29, 1.82) is 0 Å². The van der Waals surface area contributed by atoms with Gasteiger partial charge >= 0.3 is 50.6 Å². The Hall–Kier alpha value is 0.0931. The molecule has 0 bridgehead atoms. The van der Waals surface area contributed by atoms with Gasteiger partial charge in [0.1, 0.15) is 0 Å². The Bertz CT molecular complexity index is 112. The molecule has 0 aliphatic carbocycles. The van der Waals surface area contributed by atoms with Crippen molar-refractivity contribution in [3.63, 3.8) is 0 Å². The van der Waals surface area contributed by atoms with Crippen LogP contribution in [0.4, 0.5) is 0 Å². The van der Waals surface area contributed by atoms with Gasteiger partial charge in [-0.1, -0.05) is 0 Å². The van der Waals surface area contributed by atoms with Gasteiger partial charge in [-0.05, 0) is 0 Å². The maximum atomic E-state index is 3.71. The van der Waals surface area contributed by atoms with Crippen molar-refractivity contribution in [2.24, 2.45) is 0 Å². The third-order valence-corrected chi connectivity index (χ3v) is 1.27. The summed E-state index contributed by atoms with van der Waals surface area (Å²) in [7, 11) is 0. The van der Waals surface area contributed by atoms with Crippen LogP contribution >= 0.6 is 0 Å². The summed E-state index contributed by atoms with van der Waals surface area (Å²) in [6.07, 6.45) is 3.67. The van der Waals surface area contributed by atoms with E-state index in [1.54, 1.807) is 30.9 Å². The summed E-state index contributed by atoms with van der Waals surface area (Å²) in [5, 5.41) is 6.40. The minimum absolute atomic E-state index is 1.23. The van der Waals surface area contributed by atoms with E-state index < -0.39 is 0 Å². The monoisotopic (exact) mass is 277 g/mol. The summed E-state index contributed by atoms with van der Waals surface area (Å²) in [5.41, 5.74) is 0. The van der Waals surface area contributed by atoms with Gasteiger partial charge in [0.15, 0.2) is 0 Å². The van der Waals surface area contributed by atoms with Crippen molar-refractivity contribution in [3.8, 4) is 0 Å². The van der Waals surface area contributed by atoms with Gasteiger partial charge in [0, 0.05) is 0 Å². The van der Waals surface area contributed by atoms with E-state index in [1.807, 2.05) is 6.20 Å². The SMILES string of the molecule is [At]c1cn[nH]c1. The van der Waals surface area contributed by atoms with E-state index in [0.717, 1.165) is 0 Å². The van der Waals surface area contributed by atoms with Crippen molar-refractivity contribution >= 4 is 3.27 Å². The molecule has 0 unspecified atom stereocenters. The quantitative estimate of drug-likeness (QED) is 0.686. The molecular formula is C3H3AtN2. The Kier molecular flexibility index (Phi) is 1.20. The summed E-state index contributed by atoms with van der Waals surface area (Å²) in [6, 6.07) is 0. The molecule has 0 radical (unpaired) electrons. The van der Waals surface area contributed by atoms with E-state index in [-0.39, 0.29) is 0 Å². The minimum atomic E-state index is 1.23. The molecule has 0 aromatic carbocycles. The van der Waals surface area contributed by atoms with E-state index in [9.17, 15) is 0 Å². The van der Waals surface area contributed by atoms with E-state index in [4.69, 9.17) is 0 Å². The molecular weight excluding hydrogens is 274 g/mol. The Labute approximate surface area is 50.8 Å². The van der Waals surface area contributed by atoms with Crippen LogP contribution in [0.1, 0.15) is 0 Å². The molecule has 0 atom stereocenters. The Morgan fingerprint density at radius 1 is 1.83 bits per heavy atom. The molecule has 32 valence electrons. The molecule has 2 nitrogen and oxygen atoms in total. The Morgan fingerprint density at radius 3 is 2.83 bits per heavy atom. The average molecular weight is 277 g/mol. The molecule has 1 aromatic rings. The van der Waals surface area contributed by atoms with Crippen molar-refractivity contribution in [2.45, 2.75) is 0 Å². The van der Waals surface area contributed by atoms with Gasteiger partial charge in [-0.25, -0.2) is 0 Å². The summed E-state index contributed by atoms with van der Waals surface area (Å²) in [4.78, 5) is 0. The molecule has 1 heterocycles. The first-order valence-corrected chi connectivity index (χ1v) is 3.01. The second kappa shape index (κ2) is 1.70. The van der Waals surface area contributed by atoms with Gasteiger partial charge in [-0.3, -0.25) is 0 Å². The molecule has 1 aromatic heterocycles. The third kappa shape index (κ3) is 0.778. The van der Waals surface area contributed by atoms with Crippen LogP contribution in [0, 0.1) is 24.7 Å². The van der Waals surface area contributed by atoms with Gasteiger partial charge in [-0.15, -0.1) is 0 Å². The van der Waals surface area contributed by atoms with Crippen molar-refractivity contribution in [3.05, 3.63) is 12.4 Å². The van der Waals surface area contributed by atoms with Crippen LogP contribution in [0.3, 0.4) is 0 Å². The topological polar surface area (TPSA) is 28.7 Å². The van der Waals surface area contributed by atoms with E-state index in [0.29, 0.717) is 0 Å². The second-order valence-electron chi connectivity index (χ2n) is 0.917. The number of aromatic nitrogens is 2. The fraction of sp³-hybridized carbons (Fsp3) is 0. The molecule has 3 heteroatoms. The number of rotatable bonds is 0. The third-order valence-electron chi connectivity index (χ3n) is 0.465. The molecule has 0 aliphatic rings. The molecule has 0 saturated carbocycles. The van der Waals surface area contributed by atoms with Crippen molar-refractivity contribution < 1.29 is 24.7 Å². The van der Waals surface area contributed by atoms with Crippen LogP contribution in [-0.4, -0.2) is 10.2 Å². The predicted octanol–water partition coefficient (Wildman–Crippen LogP) is -0.416. The first kappa shape index (κ1) is 4.26. The van der Waals surface area contributed by atoms with Crippen molar-refractivity contribution in [1.82, 2.24) is 10.2 Å². The number of hydrogen-bond acceptors (Lipinski definition) is 1. The Balaban J connectivity index is 3.05. The molecule has 1 rings (SSSR count). The van der Waals surface area contributed by atoms with Gasteiger partial charge in [-0.2, -0.15) is 0 Å². The maximum absolute atomic E-state index is 3.71. The molecule has 0 spiro atoms. The van der Waals surface area contributed by atoms with Crippen LogP contribution in [0.5, 0.6) is 0 Å². The fourth-order valence-corrected chi connectivity index (χ4v) is 0.615. The van der Waals surface area contributed by atoms with E-state index >= 15 is 0 Å². The van der Waals surface area contributed by atoms with E-state index in [1.165, 1.54) is 3.27 Å². The van der Waals surface area contributed by atoms with Crippen LogP contribution in [-0.2, 0) is 0 Å². The summed E-state index contributed by atoms with van der Waals surface area (Å²) < 4.78 is 1.23. The first-order chi connectivity index (χ1) is 2.89. The Morgan fingerprint density at radius 2 is 2.67 bits per heavy atom. The normalized spacial score (nSPS) is 8.83. The van der Waals surface area contributed by atoms with Crippen LogP contribution < -0.4 is 3.27 Å². The fourth-order valence-electron chi connectivity index (χ4n) is 0.235. The van der Waals surface area contributed by atoms with Gasteiger partial charge in [0.2, 0.25) is 0 Å².